The topological polar surface area (TPSA) is 0 Å². The molecule has 0 aromatic rings. The average Bonchev–Trinajstić information content (AvgIpc) is 2.80. The van der Waals surface area contributed by atoms with E-state index in [1.807, 2.05) is 0 Å². The van der Waals surface area contributed by atoms with Crippen molar-refractivity contribution in [3.63, 3.8) is 0 Å². The van der Waals surface area contributed by atoms with E-state index in [9.17, 15) is 0 Å². The van der Waals surface area contributed by atoms with Crippen molar-refractivity contribution in [2.24, 2.45) is 35.0 Å². The van der Waals surface area contributed by atoms with Crippen LogP contribution in [0.2, 0.25) is 0 Å². The molecular weight excluding hydrogens is 216 g/mol. The molecule has 4 aliphatic rings. The molecule has 0 heteroatoms. The van der Waals surface area contributed by atoms with Crippen LogP contribution < -0.4 is 0 Å². The molecule has 4 aliphatic carbocycles. The van der Waals surface area contributed by atoms with Crippen LogP contribution in [0, 0.1) is 35.0 Å². The van der Waals surface area contributed by atoms with E-state index in [1.165, 1.54) is 0 Å². The van der Waals surface area contributed by atoms with E-state index < -0.39 is 0 Å². The maximum atomic E-state index is 2.63. The molecule has 0 bridgehead atoms. The van der Waals surface area contributed by atoms with Gasteiger partial charge in [-0.25, -0.2) is 0 Å². The normalized spacial score (nSPS) is 55.5. The number of hydrogen-bond donors (Lipinski definition) is 0. The van der Waals surface area contributed by atoms with Crippen molar-refractivity contribution in [1.82, 2.24) is 0 Å². The molecule has 4 saturated carbocycles. The van der Waals surface area contributed by atoms with Crippen LogP contribution in [0.1, 0.15) is 77.6 Å². The second-order valence-corrected chi connectivity index (χ2v) is 8.30. The maximum absolute atomic E-state index is 2.63. The largest absolute Gasteiger partial charge is 0.0594 e. The minimum absolute atomic E-state index is 0.767. The van der Waals surface area contributed by atoms with E-state index in [2.05, 4.69) is 6.92 Å². The molecule has 0 nitrogen and oxygen atoms in total. The fourth-order valence-corrected chi connectivity index (χ4v) is 6.82. The first-order valence-corrected chi connectivity index (χ1v) is 8.78. The Labute approximate surface area is 113 Å². The van der Waals surface area contributed by atoms with Gasteiger partial charge in [0.1, 0.15) is 0 Å². The Hall–Kier alpha value is 0. The molecule has 0 spiro atoms. The van der Waals surface area contributed by atoms with Gasteiger partial charge in [0.15, 0.2) is 0 Å². The standard InChI is InChI=1S/C18H30/c1-18-11-4-7-17(18)16-9-8-13-5-2-3-6-14(13)15(16)10-12-18/h13-17H,2-12H2,1H3/t13-,14+,15-,16?,17+,18+/m1/s1. The zero-order chi connectivity index (χ0) is 12.2. The molecular formula is C18H30. The number of hydrogen-bond acceptors (Lipinski definition) is 0. The second kappa shape index (κ2) is 4.25. The summed E-state index contributed by atoms with van der Waals surface area (Å²) in [6.45, 7) is 2.63. The zero-order valence-electron chi connectivity index (χ0n) is 12.2. The molecule has 0 aromatic heterocycles. The van der Waals surface area contributed by atoms with Gasteiger partial charge in [0.05, 0.1) is 0 Å². The third kappa shape index (κ3) is 1.63. The Kier molecular flexibility index (Phi) is 2.79. The van der Waals surface area contributed by atoms with Gasteiger partial charge in [0.2, 0.25) is 0 Å². The highest BCUT2D eigenvalue weighted by Gasteiger charge is 2.52. The number of rotatable bonds is 0. The molecule has 4 rings (SSSR count). The SMILES string of the molecule is C[C@@]12CCC[C@H]1C1CC[C@H]3CCCC[C@@H]3[C@H]1CC2. The van der Waals surface area contributed by atoms with E-state index in [-0.39, 0.29) is 0 Å². The van der Waals surface area contributed by atoms with Gasteiger partial charge in [-0.05, 0) is 80.0 Å². The summed E-state index contributed by atoms with van der Waals surface area (Å²) in [5.41, 5.74) is 0.767. The van der Waals surface area contributed by atoms with Gasteiger partial charge in [0, 0.05) is 0 Å². The van der Waals surface area contributed by atoms with E-state index in [0.29, 0.717) is 0 Å². The Balaban J connectivity index is 1.59. The van der Waals surface area contributed by atoms with Gasteiger partial charge in [-0.2, -0.15) is 0 Å². The third-order valence-corrected chi connectivity index (χ3v) is 7.66. The summed E-state index contributed by atoms with van der Waals surface area (Å²) < 4.78 is 0. The summed E-state index contributed by atoms with van der Waals surface area (Å²) in [6.07, 6.45) is 17.3. The lowest BCUT2D eigenvalue weighted by atomic mass is 9.51. The first-order valence-electron chi connectivity index (χ1n) is 8.78. The summed E-state index contributed by atoms with van der Waals surface area (Å²) >= 11 is 0. The van der Waals surface area contributed by atoms with Crippen molar-refractivity contribution < 1.29 is 0 Å². The molecule has 0 radical (unpaired) electrons. The van der Waals surface area contributed by atoms with Crippen LogP contribution in [0.5, 0.6) is 0 Å². The van der Waals surface area contributed by atoms with E-state index in [4.69, 9.17) is 0 Å². The minimum Gasteiger partial charge on any atom is -0.0594 e. The quantitative estimate of drug-likeness (QED) is 0.535. The molecule has 0 heterocycles. The van der Waals surface area contributed by atoms with Crippen LogP contribution in [0.15, 0.2) is 0 Å². The monoisotopic (exact) mass is 246 g/mol. The molecule has 0 saturated heterocycles. The molecule has 4 fully saturated rings. The van der Waals surface area contributed by atoms with Gasteiger partial charge >= 0.3 is 0 Å². The van der Waals surface area contributed by atoms with Crippen LogP contribution in [-0.4, -0.2) is 0 Å². The van der Waals surface area contributed by atoms with Crippen LogP contribution in [0.4, 0.5) is 0 Å². The van der Waals surface area contributed by atoms with Crippen LogP contribution in [0.3, 0.4) is 0 Å². The lowest BCUT2D eigenvalue weighted by molar-refractivity contribution is -0.0492. The lowest BCUT2D eigenvalue weighted by Gasteiger charge is -2.54. The van der Waals surface area contributed by atoms with Gasteiger partial charge < -0.3 is 0 Å². The van der Waals surface area contributed by atoms with Crippen LogP contribution >= 0.6 is 0 Å². The van der Waals surface area contributed by atoms with Crippen molar-refractivity contribution in [1.29, 1.82) is 0 Å². The highest BCUT2D eigenvalue weighted by molar-refractivity contribution is 5.02. The van der Waals surface area contributed by atoms with Gasteiger partial charge in [-0.15, -0.1) is 0 Å². The summed E-state index contributed by atoms with van der Waals surface area (Å²) in [7, 11) is 0. The molecule has 0 aromatic carbocycles. The smallest absolute Gasteiger partial charge is 0.0295 e. The maximum Gasteiger partial charge on any atom is -0.0295 e. The second-order valence-electron chi connectivity index (χ2n) is 8.30. The summed E-state index contributed by atoms with van der Waals surface area (Å²) in [5.74, 6) is 5.72. The fraction of sp³-hybridized carbons (Fsp3) is 1.00. The molecule has 0 N–H and O–H groups in total. The Morgan fingerprint density at radius 2 is 1.56 bits per heavy atom. The lowest BCUT2D eigenvalue weighted by Crippen LogP contribution is -2.46. The van der Waals surface area contributed by atoms with Crippen molar-refractivity contribution in [3.05, 3.63) is 0 Å². The van der Waals surface area contributed by atoms with Crippen molar-refractivity contribution in [2.45, 2.75) is 77.6 Å². The van der Waals surface area contributed by atoms with Gasteiger partial charge in [-0.3, -0.25) is 0 Å². The molecule has 1 unspecified atom stereocenters. The molecule has 102 valence electrons. The molecule has 0 aliphatic heterocycles. The number of fused-ring (bicyclic) bond motifs is 5. The Morgan fingerprint density at radius 1 is 0.667 bits per heavy atom. The molecule has 18 heavy (non-hydrogen) atoms. The third-order valence-electron chi connectivity index (χ3n) is 7.66. The Bertz CT molecular complexity index is 320. The first kappa shape index (κ1) is 11.8. The molecule has 6 atom stereocenters. The highest BCUT2D eigenvalue weighted by atomic mass is 14.6. The molecule has 0 amide bonds. The van der Waals surface area contributed by atoms with Crippen molar-refractivity contribution in [2.75, 3.05) is 0 Å². The zero-order valence-corrected chi connectivity index (χ0v) is 12.2. The minimum atomic E-state index is 0.767. The van der Waals surface area contributed by atoms with E-state index >= 15 is 0 Å². The van der Waals surface area contributed by atoms with Crippen LogP contribution in [-0.2, 0) is 0 Å². The van der Waals surface area contributed by atoms with E-state index in [1.54, 1.807) is 70.6 Å². The Morgan fingerprint density at radius 3 is 2.50 bits per heavy atom. The fourth-order valence-electron chi connectivity index (χ4n) is 6.82. The highest BCUT2D eigenvalue weighted by Crippen LogP contribution is 2.62. The first-order chi connectivity index (χ1) is 8.78. The van der Waals surface area contributed by atoms with Crippen molar-refractivity contribution in [3.8, 4) is 0 Å². The van der Waals surface area contributed by atoms with Gasteiger partial charge in [-0.1, -0.05) is 32.6 Å². The predicted molar refractivity (Wildman–Crippen MR) is 76.3 cm³/mol. The van der Waals surface area contributed by atoms with Crippen molar-refractivity contribution >= 4 is 0 Å². The average molecular weight is 246 g/mol. The van der Waals surface area contributed by atoms with Gasteiger partial charge in [0.25, 0.3) is 0 Å². The predicted octanol–water partition coefficient (Wildman–Crippen LogP) is 5.42. The van der Waals surface area contributed by atoms with E-state index in [0.717, 1.165) is 35.0 Å². The van der Waals surface area contributed by atoms with Crippen LogP contribution in [0.25, 0.3) is 0 Å². The summed E-state index contributed by atoms with van der Waals surface area (Å²) in [5, 5.41) is 0. The summed E-state index contributed by atoms with van der Waals surface area (Å²) in [4.78, 5) is 0. The summed E-state index contributed by atoms with van der Waals surface area (Å²) in [6, 6.07) is 0.